The van der Waals surface area contributed by atoms with E-state index in [1.165, 1.54) is 21.1 Å². The molecule has 0 radical (unpaired) electrons. The molecule has 2 heterocycles. The Morgan fingerprint density at radius 3 is 2.71 bits per heavy atom. The molecule has 0 bridgehead atoms. The van der Waals surface area contributed by atoms with Gasteiger partial charge in [0.05, 0.1) is 26.9 Å². The molecule has 0 saturated carbocycles. The Morgan fingerprint density at radius 1 is 1.18 bits per heavy atom. The van der Waals surface area contributed by atoms with Gasteiger partial charge in [-0.1, -0.05) is 23.4 Å². The van der Waals surface area contributed by atoms with Crippen molar-refractivity contribution in [2.75, 3.05) is 20.8 Å². The van der Waals surface area contributed by atoms with Crippen LogP contribution >= 0.6 is 0 Å². The zero-order valence-electron chi connectivity index (χ0n) is 19.0. The molecule has 3 aromatic rings. The first-order chi connectivity index (χ1) is 16.3. The molecule has 11 heteroatoms. The number of hydrogen-bond donors (Lipinski definition) is 1. The second kappa shape index (κ2) is 9.72. The number of rotatable bonds is 8. The van der Waals surface area contributed by atoms with Gasteiger partial charge in [0.25, 0.3) is 0 Å². The van der Waals surface area contributed by atoms with Crippen LogP contribution in [0.25, 0.3) is 11.4 Å². The molecule has 1 aromatic heterocycles. The van der Waals surface area contributed by atoms with Crippen molar-refractivity contribution in [3.8, 4) is 28.6 Å². The monoisotopic (exact) mass is 487 g/mol. The molecule has 0 saturated heterocycles. The lowest BCUT2D eigenvalue weighted by atomic mass is 10.0. The topological polar surface area (TPSA) is 130 Å². The number of fused-ring (bicyclic) bond motifs is 1. The number of carbonyl (C=O) groups excluding carboxylic acids is 1. The lowest BCUT2D eigenvalue weighted by Gasteiger charge is -2.27. The van der Waals surface area contributed by atoms with Crippen molar-refractivity contribution in [2.45, 2.75) is 30.4 Å². The molecule has 2 aromatic carbocycles. The fourth-order valence-corrected chi connectivity index (χ4v) is 4.75. The van der Waals surface area contributed by atoms with Gasteiger partial charge in [0, 0.05) is 17.5 Å². The maximum atomic E-state index is 12.9. The van der Waals surface area contributed by atoms with Gasteiger partial charge < -0.3 is 24.1 Å². The van der Waals surface area contributed by atoms with Gasteiger partial charge >= 0.3 is 0 Å². The van der Waals surface area contributed by atoms with E-state index in [9.17, 15) is 13.2 Å². The number of nitrogens with zero attached hydrogens (tertiary/aromatic N) is 2. The molecule has 2 unspecified atom stereocenters. The molecule has 0 fully saturated rings. The Hall–Kier alpha value is -3.60. The van der Waals surface area contributed by atoms with E-state index in [2.05, 4.69) is 15.5 Å². The molecule has 2 atom stereocenters. The van der Waals surface area contributed by atoms with Crippen molar-refractivity contribution in [3.05, 3.63) is 53.9 Å². The summed E-state index contributed by atoms with van der Waals surface area (Å²) in [4.78, 5) is 17.0. The predicted octanol–water partition coefficient (Wildman–Crippen LogP) is 2.70. The average molecular weight is 488 g/mol. The van der Waals surface area contributed by atoms with E-state index >= 15 is 0 Å². The van der Waals surface area contributed by atoms with E-state index in [1.807, 2.05) is 24.3 Å². The van der Waals surface area contributed by atoms with E-state index in [0.717, 1.165) is 5.56 Å². The molecule has 180 valence electrons. The summed E-state index contributed by atoms with van der Waals surface area (Å²) in [7, 11) is -0.895. The minimum absolute atomic E-state index is 0.110. The zero-order chi connectivity index (χ0) is 24.3. The molecule has 1 amide bonds. The largest absolute Gasteiger partial charge is 0.493 e. The highest BCUT2D eigenvalue weighted by Gasteiger charge is 2.33. The van der Waals surface area contributed by atoms with Gasteiger partial charge in [-0.3, -0.25) is 4.79 Å². The number of nitrogens with one attached hydrogen (secondary N) is 1. The number of methoxy groups -OCH3 is 2. The SMILES string of the molecule is COc1ccc(-c2noc(CS(=O)(=O)C(C)C(=O)NC3CCOc4ccccc43)n2)cc1OC. The van der Waals surface area contributed by atoms with Crippen LogP contribution in [0.4, 0.5) is 0 Å². The van der Waals surface area contributed by atoms with E-state index in [0.29, 0.717) is 35.8 Å². The van der Waals surface area contributed by atoms with Crippen LogP contribution in [-0.2, 0) is 20.4 Å². The van der Waals surface area contributed by atoms with Crippen molar-refractivity contribution in [2.24, 2.45) is 0 Å². The van der Waals surface area contributed by atoms with Gasteiger partial charge in [-0.25, -0.2) is 8.42 Å². The lowest BCUT2D eigenvalue weighted by Crippen LogP contribution is -2.41. The summed E-state index contributed by atoms with van der Waals surface area (Å²) in [6.45, 7) is 1.78. The van der Waals surface area contributed by atoms with Crippen LogP contribution in [0.3, 0.4) is 0 Å². The number of ether oxygens (including phenoxy) is 3. The van der Waals surface area contributed by atoms with Crippen molar-refractivity contribution in [1.82, 2.24) is 15.5 Å². The summed E-state index contributed by atoms with van der Waals surface area (Å²) in [5.74, 6) is 0.613. The minimum atomic E-state index is -3.92. The van der Waals surface area contributed by atoms with Crippen LogP contribution in [0.2, 0.25) is 0 Å². The quantitative estimate of drug-likeness (QED) is 0.510. The van der Waals surface area contributed by atoms with Gasteiger partial charge in [0.15, 0.2) is 21.3 Å². The van der Waals surface area contributed by atoms with Crippen LogP contribution in [0, 0.1) is 0 Å². The van der Waals surface area contributed by atoms with Crippen LogP contribution in [0.1, 0.15) is 30.8 Å². The van der Waals surface area contributed by atoms with Crippen LogP contribution in [0.15, 0.2) is 47.0 Å². The van der Waals surface area contributed by atoms with E-state index in [4.69, 9.17) is 18.7 Å². The molecule has 4 rings (SSSR count). The van der Waals surface area contributed by atoms with Crippen LogP contribution in [0.5, 0.6) is 17.2 Å². The van der Waals surface area contributed by atoms with Gasteiger partial charge in [-0.05, 0) is 31.2 Å². The third-order valence-electron chi connectivity index (χ3n) is 5.62. The number of benzene rings is 2. The number of hydrogen-bond acceptors (Lipinski definition) is 9. The third kappa shape index (κ3) is 4.84. The Labute approximate surface area is 197 Å². The van der Waals surface area contributed by atoms with Crippen LogP contribution in [-0.4, -0.2) is 50.5 Å². The second-order valence-corrected chi connectivity index (χ2v) is 10.1. The molecule has 0 spiro atoms. The van der Waals surface area contributed by atoms with E-state index in [-0.39, 0.29) is 17.8 Å². The highest BCUT2D eigenvalue weighted by molar-refractivity contribution is 7.92. The fourth-order valence-electron chi connectivity index (χ4n) is 3.65. The number of amides is 1. The summed E-state index contributed by atoms with van der Waals surface area (Å²) < 4.78 is 47.0. The smallest absolute Gasteiger partial charge is 0.242 e. The minimum Gasteiger partial charge on any atom is -0.493 e. The van der Waals surface area contributed by atoms with E-state index < -0.39 is 26.7 Å². The second-order valence-electron chi connectivity index (χ2n) is 7.77. The Kier molecular flexibility index (Phi) is 6.73. The molecule has 10 nitrogen and oxygen atoms in total. The molecule has 1 aliphatic heterocycles. The fraction of sp³-hybridized carbons (Fsp3) is 0.348. The molecule has 1 aliphatic rings. The molecular formula is C23H25N3O7S. The zero-order valence-corrected chi connectivity index (χ0v) is 19.8. The third-order valence-corrected chi connectivity index (χ3v) is 7.56. The highest BCUT2D eigenvalue weighted by Crippen LogP contribution is 2.32. The summed E-state index contributed by atoms with van der Waals surface area (Å²) in [6.07, 6.45) is 0.549. The van der Waals surface area contributed by atoms with Crippen molar-refractivity contribution in [1.29, 1.82) is 0 Å². The molecule has 0 aliphatic carbocycles. The van der Waals surface area contributed by atoms with Gasteiger partial charge in [-0.15, -0.1) is 0 Å². The molecule has 34 heavy (non-hydrogen) atoms. The lowest BCUT2D eigenvalue weighted by molar-refractivity contribution is -0.121. The van der Waals surface area contributed by atoms with Gasteiger partial charge in [-0.2, -0.15) is 4.98 Å². The van der Waals surface area contributed by atoms with Crippen molar-refractivity contribution < 1.29 is 31.9 Å². The Bertz CT molecular complexity index is 1290. The predicted molar refractivity (Wildman–Crippen MR) is 122 cm³/mol. The summed E-state index contributed by atoms with van der Waals surface area (Å²) in [5, 5.41) is 5.39. The number of para-hydroxylation sites is 1. The first kappa shape index (κ1) is 23.6. The van der Waals surface area contributed by atoms with Crippen molar-refractivity contribution in [3.63, 3.8) is 0 Å². The summed E-state index contributed by atoms with van der Waals surface area (Å²) >= 11 is 0. The Morgan fingerprint density at radius 2 is 1.94 bits per heavy atom. The van der Waals surface area contributed by atoms with Crippen LogP contribution < -0.4 is 19.5 Å². The van der Waals surface area contributed by atoms with E-state index in [1.54, 1.807) is 18.2 Å². The molecule has 1 N–H and O–H groups in total. The number of sulfone groups is 1. The first-order valence-corrected chi connectivity index (χ1v) is 12.3. The average Bonchev–Trinajstić information content (AvgIpc) is 3.31. The van der Waals surface area contributed by atoms with Crippen molar-refractivity contribution >= 4 is 15.7 Å². The normalized spacial score (nSPS) is 16.1. The van der Waals surface area contributed by atoms with Gasteiger partial charge in [0.2, 0.25) is 17.6 Å². The number of aromatic nitrogens is 2. The maximum absolute atomic E-state index is 12.9. The highest BCUT2D eigenvalue weighted by atomic mass is 32.2. The summed E-state index contributed by atoms with van der Waals surface area (Å²) in [6, 6.07) is 12.1. The first-order valence-electron chi connectivity index (χ1n) is 10.6. The molecular weight excluding hydrogens is 462 g/mol. The Balaban J connectivity index is 1.45. The van der Waals surface area contributed by atoms with Gasteiger partial charge in [0.1, 0.15) is 16.8 Å². The standard InChI is InChI=1S/C23H25N3O7S/c1-14(23(27)24-17-10-11-32-18-7-5-4-6-16(17)18)34(28,29)13-21-25-22(26-33-21)15-8-9-19(30-2)20(12-15)31-3/h4-9,12,14,17H,10-11,13H2,1-3H3,(H,24,27). The summed E-state index contributed by atoms with van der Waals surface area (Å²) in [5.41, 5.74) is 1.39. The maximum Gasteiger partial charge on any atom is 0.242 e. The number of carbonyl (C=O) groups is 1.